The molecule has 1 N–H and O–H groups in total. The van der Waals surface area contributed by atoms with E-state index in [0.29, 0.717) is 37.1 Å². The molecule has 0 aromatic heterocycles. The molecule has 0 radical (unpaired) electrons. The number of carbonyl (C=O) groups is 1. The van der Waals surface area contributed by atoms with Crippen molar-refractivity contribution in [3.63, 3.8) is 0 Å². The predicted octanol–water partition coefficient (Wildman–Crippen LogP) is 6.01. The number of hydrogen-bond acceptors (Lipinski definition) is 2. The van der Waals surface area contributed by atoms with Gasteiger partial charge in [0.2, 0.25) is 0 Å². The average Bonchev–Trinajstić information content (AvgIpc) is 2.51. The Balaban J connectivity index is 2.08. The Hall–Kier alpha value is -1.13. The van der Waals surface area contributed by atoms with E-state index in [9.17, 15) is 4.79 Å². The number of anilines is 1. The van der Waals surface area contributed by atoms with E-state index in [2.05, 4.69) is 5.32 Å². The van der Waals surface area contributed by atoms with Gasteiger partial charge in [-0.05, 0) is 49.7 Å². The van der Waals surface area contributed by atoms with Crippen LogP contribution in [0.2, 0.25) is 20.1 Å². The van der Waals surface area contributed by atoms with E-state index in [1.807, 2.05) is 0 Å². The smallest absolute Gasteiger partial charge is 0.265 e. The molecule has 1 amide bonds. The first-order valence-corrected chi connectivity index (χ1v) is 8.18. The summed E-state index contributed by atoms with van der Waals surface area (Å²) in [6, 6.07) is 8.11. The molecule has 0 aliphatic rings. The molecular weight excluding hydrogens is 380 g/mol. The van der Waals surface area contributed by atoms with Gasteiger partial charge in [-0.15, -0.1) is 0 Å². The zero-order valence-corrected chi connectivity index (χ0v) is 15.3. The summed E-state index contributed by atoms with van der Waals surface area (Å²) in [5.74, 6) is 0.0532. The first kappa shape index (κ1) is 18.2. The third-order valence-electron chi connectivity index (χ3n) is 3.14. The van der Waals surface area contributed by atoms with Crippen molar-refractivity contribution in [3.8, 4) is 5.75 Å². The van der Waals surface area contributed by atoms with Crippen molar-refractivity contribution in [2.45, 2.75) is 20.0 Å². The molecule has 0 heterocycles. The number of ether oxygens (including phenoxy) is 1. The third kappa shape index (κ3) is 4.45. The summed E-state index contributed by atoms with van der Waals surface area (Å²) in [4.78, 5) is 12.2. The van der Waals surface area contributed by atoms with Gasteiger partial charge in [0.1, 0.15) is 5.75 Å². The fourth-order valence-electron chi connectivity index (χ4n) is 1.79. The lowest BCUT2D eigenvalue weighted by molar-refractivity contribution is -0.122. The summed E-state index contributed by atoms with van der Waals surface area (Å²) in [6.07, 6.45) is -0.762. The summed E-state index contributed by atoms with van der Waals surface area (Å²) in [7, 11) is 0. The second kappa shape index (κ2) is 7.63. The van der Waals surface area contributed by atoms with Crippen molar-refractivity contribution < 1.29 is 9.53 Å². The molecule has 0 spiro atoms. The highest BCUT2D eigenvalue weighted by atomic mass is 35.5. The summed E-state index contributed by atoms with van der Waals surface area (Å²) in [5.41, 5.74) is 1.22. The lowest BCUT2D eigenvalue weighted by Crippen LogP contribution is -2.30. The van der Waals surface area contributed by atoms with Crippen LogP contribution in [-0.2, 0) is 4.79 Å². The lowest BCUT2D eigenvalue weighted by atomic mass is 10.2. The van der Waals surface area contributed by atoms with E-state index in [1.54, 1.807) is 44.2 Å². The summed E-state index contributed by atoms with van der Waals surface area (Å²) >= 11 is 23.9. The Morgan fingerprint density at radius 2 is 1.70 bits per heavy atom. The number of carbonyl (C=O) groups excluding carboxylic acids is 1. The fourth-order valence-corrected chi connectivity index (χ4v) is 2.50. The molecule has 122 valence electrons. The Morgan fingerprint density at radius 1 is 1.04 bits per heavy atom. The molecule has 3 nitrogen and oxygen atoms in total. The summed E-state index contributed by atoms with van der Waals surface area (Å²) in [5, 5.41) is 4.39. The van der Waals surface area contributed by atoms with Crippen LogP contribution in [0.15, 0.2) is 30.3 Å². The lowest BCUT2D eigenvalue weighted by Gasteiger charge is -2.17. The van der Waals surface area contributed by atoms with Gasteiger partial charge in [-0.3, -0.25) is 4.79 Å². The molecular formula is C16H13Cl4NO2. The zero-order valence-electron chi connectivity index (χ0n) is 12.3. The van der Waals surface area contributed by atoms with E-state index in [4.69, 9.17) is 51.1 Å². The monoisotopic (exact) mass is 391 g/mol. The van der Waals surface area contributed by atoms with Gasteiger partial charge >= 0.3 is 0 Å². The van der Waals surface area contributed by atoms with Crippen LogP contribution in [0.3, 0.4) is 0 Å². The van der Waals surface area contributed by atoms with E-state index >= 15 is 0 Å². The van der Waals surface area contributed by atoms with Gasteiger partial charge in [-0.2, -0.15) is 0 Å². The molecule has 0 aliphatic carbocycles. The highest BCUT2D eigenvalue weighted by Gasteiger charge is 2.18. The van der Waals surface area contributed by atoms with Crippen molar-refractivity contribution in [2.75, 3.05) is 5.32 Å². The van der Waals surface area contributed by atoms with Crippen LogP contribution in [0.25, 0.3) is 0 Å². The van der Waals surface area contributed by atoms with Crippen LogP contribution in [0.1, 0.15) is 12.5 Å². The number of nitrogens with one attached hydrogen (secondary N) is 1. The van der Waals surface area contributed by atoms with E-state index in [0.717, 1.165) is 0 Å². The highest BCUT2D eigenvalue weighted by molar-refractivity contribution is 6.42. The van der Waals surface area contributed by atoms with Gasteiger partial charge in [0.05, 0.1) is 15.1 Å². The maximum atomic E-state index is 12.2. The molecule has 0 fully saturated rings. The van der Waals surface area contributed by atoms with Gasteiger partial charge in [0, 0.05) is 10.7 Å². The van der Waals surface area contributed by atoms with Crippen LogP contribution in [0.4, 0.5) is 5.69 Å². The molecule has 2 aromatic rings. The average molecular weight is 393 g/mol. The van der Waals surface area contributed by atoms with Crippen molar-refractivity contribution in [3.05, 3.63) is 56.0 Å². The highest BCUT2D eigenvalue weighted by Crippen LogP contribution is 2.33. The quantitative estimate of drug-likeness (QED) is 0.691. The Bertz CT molecular complexity index is 749. The predicted molar refractivity (Wildman–Crippen MR) is 96.4 cm³/mol. The molecule has 0 bridgehead atoms. The maximum absolute atomic E-state index is 12.2. The van der Waals surface area contributed by atoms with Crippen LogP contribution in [0, 0.1) is 6.92 Å². The topological polar surface area (TPSA) is 38.3 Å². The van der Waals surface area contributed by atoms with Gasteiger partial charge < -0.3 is 10.1 Å². The van der Waals surface area contributed by atoms with E-state index < -0.39 is 6.10 Å². The number of halogens is 4. The summed E-state index contributed by atoms with van der Waals surface area (Å²) < 4.78 is 5.61. The molecule has 7 heteroatoms. The van der Waals surface area contributed by atoms with E-state index in [1.165, 1.54) is 0 Å². The largest absolute Gasteiger partial charge is 0.479 e. The molecule has 0 saturated heterocycles. The number of amides is 1. The van der Waals surface area contributed by atoms with Crippen molar-refractivity contribution >= 4 is 58.0 Å². The van der Waals surface area contributed by atoms with Crippen LogP contribution < -0.4 is 10.1 Å². The minimum atomic E-state index is -0.762. The van der Waals surface area contributed by atoms with E-state index in [-0.39, 0.29) is 5.91 Å². The van der Waals surface area contributed by atoms with Crippen molar-refractivity contribution in [1.82, 2.24) is 0 Å². The Morgan fingerprint density at radius 3 is 2.35 bits per heavy atom. The van der Waals surface area contributed by atoms with Crippen molar-refractivity contribution in [2.24, 2.45) is 0 Å². The Kier molecular flexibility index (Phi) is 6.04. The number of benzene rings is 2. The van der Waals surface area contributed by atoms with Gasteiger partial charge in [-0.25, -0.2) is 0 Å². The van der Waals surface area contributed by atoms with Gasteiger partial charge in [0.15, 0.2) is 6.10 Å². The first-order valence-electron chi connectivity index (χ1n) is 6.66. The Labute approximate surface area is 154 Å². The first-order chi connectivity index (χ1) is 10.8. The van der Waals surface area contributed by atoms with Crippen LogP contribution >= 0.6 is 46.4 Å². The van der Waals surface area contributed by atoms with Gasteiger partial charge in [-0.1, -0.05) is 46.4 Å². The molecule has 2 aromatic carbocycles. The SMILES string of the molecule is Cc1c(Cl)ccc(OC(C)C(=O)Nc2ccc(Cl)c(Cl)c2)c1Cl. The molecule has 0 aliphatic heterocycles. The van der Waals surface area contributed by atoms with Crippen LogP contribution in [-0.4, -0.2) is 12.0 Å². The second-order valence-electron chi connectivity index (χ2n) is 4.86. The molecule has 0 saturated carbocycles. The second-order valence-corrected chi connectivity index (χ2v) is 6.46. The molecule has 1 unspecified atom stereocenters. The number of rotatable bonds is 4. The minimum absolute atomic E-state index is 0.341. The standard InChI is InChI=1S/C16H13Cl4NO2/c1-8-11(17)5-6-14(15(8)20)23-9(2)16(22)21-10-3-4-12(18)13(19)7-10/h3-7,9H,1-2H3,(H,21,22). The van der Waals surface area contributed by atoms with Gasteiger partial charge in [0.25, 0.3) is 5.91 Å². The molecule has 2 rings (SSSR count). The minimum Gasteiger partial charge on any atom is -0.479 e. The number of hydrogen-bond donors (Lipinski definition) is 1. The summed E-state index contributed by atoms with van der Waals surface area (Å²) in [6.45, 7) is 3.39. The fraction of sp³-hybridized carbons (Fsp3) is 0.188. The van der Waals surface area contributed by atoms with Crippen molar-refractivity contribution in [1.29, 1.82) is 0 Å². The third-order valence-corrected chi connectivity index (χ3v) is 4.76. The zero-order chi connectivity index (χ0) is 17.1. The molecule has 1 atom stereocenters. The maximum Gasteiger partial charge on any atom is 0.265 e. The van der Waals surface area contributed by atoms with Crippen LogP contribution in [0.5, 0.6) is 5.75 Å². The normalized spacial score (nSPS) is 11.9. The molecule has 23 heavy (non-hydrogen) atoms.